The van der Waals surface area contributed by atoms with Crippen molar-refractivity contribution in [1.29, 1.82) is 0 Å². The summed E-state index contributed by atoms with van der Waals surface area (Å²) in [5.74, 6) is -0.766. The smallest absolute Gasteiger partial charge is 0.408 e. The van der Waals surface area contributed by atoms with Crippen LogP contribution in [0.2, 0.25) is 0 Å². The molecule has 9 heteroatoms. The van der Waals surface area contributed by atoms with Crippen LogP contribution in [0, 0.1) is 0 Å². The first-order chi connectivity index (χ1) is 13.9. The Morgan fingerprint density at radius 3 is 2.55 bits per heavy atom. The lowest BCUT2D eigenvalue weighted by molar-refractivity contribution is -0.135. The summed E-state index contributed by atoms with van der Waals surface area (Å²) < 4.78 is 33.8. The van der Waals surface area contributed by atoms with Crippen molar-refractivity contribution in [1.82, 2.24) is 13.8 Å². The number of nitrogens with zero attached hydrogens (tertiary/aromatic N) is 3. The summed E-state index contributed by atoms with van der Waals surface area (Å²) in [6.45, 7) is 3.63. The Kier molecular flexibility index (Phi) is 5.52. The van der Waals surface area contributed by atoms with E-state index in [1.54, 1.807) is 6.07 Å². The van der Waals surface area contributed by atoms with Gasteiger partial charge in [0.15, 0.2) is 5.58 Å². The Balaban J connectivity index is 1.61. The van der Waals surface area contributed by atoms with Crippen LogP contribution in [0.5, 0.6) is 0 Å². The molecule has 0 N–H and O–H groups in total. The second kappa shape index (κ2) is 7.95. The zero-order chi connectivity index (χ0) is 20.6. The highest BCUT2D eigenvalue weighted by atomic mass is 32.2. The molecule has 29 heavy (non-hydrogen) atoms. The lowest BCUT2D eigenvalue weighted by Gasteiger charge is -2.33. The molecule has 3 heterocycles. The first-order valence-electron chi connectivity index (χ1n) is 10.3. The highest BCUT2D eigenvalue weighted by Gasteiger charge is 2.28. The average molecular weight is 422 g/mol. The van der Waals surface area contributed by atoms with Crippen LogP contribution in [0.3, 0.4) is 0 Å². The quantitative estimate of drug-likeness (QED) is 0.754. The highest BCUT2D eigenvalue weighted by molar-refractivity contribution is 7.89. The molecule has 1 atom stereocenters. The molecule has 2 fully saturated rings. The number of benzene rings is 1. The van der Waals surface area contributed by atoms with Gasteiger partial charge in [0.2, 0.25) is 15.9 Å². The van der Waals surface area contributed by atoms with Gasteiger partial charge in [-0.25, -0.2) is 13.2 Å². The van der Waals surface area contributed by atoms with E-state index in [2.05, 4.69) is 0 Å². The lowest BCUT2D eigenvalue weighted by atomic mass is 10.0. The van der Waals surface area contributed by atoms with Gasteiger partial charge in [0.25, 0.3) is 0 Å². The van der Waals surface area contributed by atoms with Crippen molar-refractivity contribution < 1.29 is 17.6 Å². The van der Waals surface area contributed by atoms with Gasteiger partial charge in [0.05, 0.1) is 10.4 Å². The standard InChI is InChI=1S/C20H27N3O5S/c1-15-7-3-6-12-22(15)19(24)14-23-17-9-8-16(13-18(17)28-20(23)25)29(26,27)21-10-4-2-5-11-21/h8-9,13,15H,2-7,10-12,14H2,1H3/t15-/m1/s1. The molecule has 0 aliphatic carbocycles. The monoisotopic (exact) mass is 421 g/mol. The van der Waals surface area contributed by atoms with Crippen LogP contribution < -0.4 is 5.76 Å². The van der Waals surface area contributed by atoms with Crippen LogP contribution in [-0.4, -0.2) is 53.8 Å². The van der Waals surface area contributed by atoms with Crippen molar-refractivity contribution in [3.63, 3.8) is 0 Å². The predicted octanol–water partition coefficient (Wildman–Crippen LogP) is 2.17. The van der Waals surface area contributed by atoms with E-state index in [-0.39, 0.29) is 29.0 Å². The maximum Gasteiger partial charge on any atom is 0.420 e. The summed E-state index contributed by atoms with van der Waals surface area (Å²) in [4.78, 5) is 27.0. The lowest BCUT2D eigenvalue weighted by Crippen LogP contribution is -2.44. The fraction of sp³-hybridized carbons (Fsp3) is 0.600. The third kappa shape index (κ3) is 3.85. The number of carbonyl (C=O) groups is 1. The fourth-order valence-electron chi connectivity index (χ4n) is 4.31. The maximum absolute atomic E-state index is 12.9. The van der Waals surface area contributed by atoms with Gasteiger partial charge >= 0.3 is 5.76 Å². The van der Waals surface area contributed by atoms with E-state index in [4.69, 9.17) is 4.42 Å². The van der Waals surface area contributed by atoms with Crippen LogP contribution in [0.1, 0.15) is 45.4 Å². The fourth-order valence-corrected chi connectivity index (χ4v) is 5.84. The van der Waals surface area contributed by atoms with E-state index in [1.165, 1.54) is 21.0 Å². The largest absolute Gasteiger partial charge is 0.420 e. The van der Waals surface area contributed by atoms with Gasteiger partial charge < -0.3 is 9.32 Å². The van der Waals surface area contributed by atoms with Crippen LogP contribution in [0.25, 0.3) is 11.1 Å². The third-order valence-corrected chi connectivity index (χ3v) is 7.90. The summed E-state index contributed by atoms with van der Waals surface area (Å²) in [6.07, 6.45) is 5.77. The summed E-state index contributed by atoms with van der Waals surface area (Å²) in [7, 11) is -3.62. The van der Waals surface area contributed by atoms with Crippen molar-refractivity contribution in [3.8, 4) is 0 Å². The molecule has 1 aromatic heterocycles. The number of sulfonamides is 1. The number of hydrogen-bond acceptors (Lipinski definition) is 5. The molecule has 0 radical (unpaired) electrons. The molecule has 2 aliphatic rings. The maximum atomic E-state index is 12.9. The molecule has 2 aromatic rings. The Bertz CT molecular complexity index is 1070. The SMILES string of the molecule is C[C@@H]1CCCCN1C(=O)Cn1c(=O)oc2cc(S(=O)(=O)N3CCCCC3)ccc21. The second-order valence-electron chi connectivity index (χ2n) is 7.98. The van der Waals surface area contributed by atoms with Gasteiger partial charge in [-0.3, -0.25) is 9.36 Å². The number of piperidine rings is 2. The number of aromatic nitrogens is 1. The van der Waals surface area contributed by atoms with E-state index in [0.29, 0.717) is 25.2 Å². The normalized spacial score (nSPS) is 21.6. The summed E-state index contributed by atoms with van der Waals surface area (Å²) in [5, 5.41) is 0. The molecule has 4 rings (SSSR count). The minimum atomic E-state index is -3.62. The van der Waals surface area contributed by atoms with Crippen molar-refractivity contribution in [2.24, 2.45) is 0 Å². The molecule has 158 valence electrons. The van der Waals surface area contributed by atoms with Crippen molar-refractivity contribution in [3.05, 3.63) is 28.7 Å². The van der Waals surface area contributed by atoms with Crippen LogP contribution in [0.15, 0.2) is 32.3 Å². The van der Waals surface area contributed by atoms with Gasteiger partial charge in [-0.05, 0) is 51.2 Å². The Morgan fingerprint density at radius 2 is 1.83 bits per heavy atom. The molecule has 1 aromatic carbocycles. The van der Waals surface area contributed by atoms with E-state index in [0.717, 1.165) is 38.5 Å². The molecule has 1 amide bonds. The minimum absolute atomic E-state index is 0.103. The van der Waals surface area contributed by atoms with E-state index in [9.17, 15) is 18.0 Å². The zero-order valence-corrected chi connectivity index (χ0v) is 17.5. The number of fused-ring (bicyclic) bond motifs is 1. The first kappa shape index (κ1) is 20.2. The van der Waals surface area contributed by atoms with Gasteiger partial charge in [0, 0.05) is 31.7 Å². The van der Waals surface area contributed by atoms with Crippen molar-refractivity contribution in [2.45, 2.75) is 62.9 Å². The summed E-state index contributed by atoms with van der Waals surface area (Å²) >= 11 is 0. The zero-order valence-electron chi connectivity index (χ0n) is 16.7. The topological polar surface area (TPSA) is 92.8 Å². The number of hydrogen-bond donors (Lipinski definition) is 0. The van der Waals surface area contributed by atoms with Crippen LogP contribution in [-0.2, 0) is 21.4 Å². The van der Waals surface area contributed by atoms with Gasteiger partial charge in [-0.1, -0.05) is 6.42 Å². The van der Waals surface area contributed by atoms with Crippen LogP contribution in [0.4, 0.5) is 0 Å². The molecular weight excluding hydrogens is 394 g/mol. The summed E-state index contributed by atoms with van der Waals surface area (Å²) in [5.41, 5.74) is 0.623. The van der Waals surface area contributed by atoms with Gasteiger partial charge in [-0.2, -0.15) is 4.31 Å². The molecule has 8 nitrogen and oxygen atoms in total. The molecule has 0 bridgehead atoms. The van der Waals surface area contributed by atoms with E-state index < -0.39 is 15.8 Å². The Labute approximate surface area is 170 Å². The predicted molar refractivity (Wildman–Crippen MR) is 108 cm³/mol. The van der Waals surface area contributed by atoms with E-state index >= 15 is 0 Å². The molecular formula is C20H27N3O5S. The van der Waals surface area contributed by atoms with Crippen molar-refractivity contribution in [2.75, 3.05) is 19.6 Å². The Hall–Kier alpha value is -2.13. The number of amides is 1. The minimum Gasteiger partial charge on any atom is -0.408 e. The van der Waals surface area contributed by atoms with Crippen LogP contribution >= 0.6 is 0 Å². The molecule has 0 unspecified atom stereocenters. The number of oxazole rings is 1. The number of carbonyl (C=O) groups excluding carboxylic acids is 1. The molecule has 0 saturated carbocycles. The van der Waals surface area contributed by atoms with Gasteiger partial charge in [0.1, 0.15) is 6.54 Å². The molecule has 2 aliphatic heterocycles. The van der Waals surface area contributed by atoms with E-state index in [1.807, 2.05) is 11.8 Å². The first-order valence-corrected chi connectivity index (χ1v) is 11.7. The number of likely N-dealkylation sites (tertiary alicyclic amines) is 1. The molecule has 0 spiro atoms. The number of rotatable bonds is 4. The highest BCUT2D eigenvalue weighted by Crippen LogP contribution is 2.24. The summed E-state index contributed by atoms with van der Waals surface area (Å²) in [6, 6.07) is 4.60. The average Bonchev–Trinajstić information content (AvgIpc) is 3.03. The Morgan fingerprint density at radius 1 is 1.10 bits per heavy atom. The molecule has 2 saturated heterocycles. The second-order valence-corrected chi connectivity index (χ2v) is 9.92. The van der Waals surface area contributed by atoms with Gasteiger partial charge in [-0.15, -0.1) is 0 Å². The van der Waals surface area contributed by atoms with Crippen molar-refractivity contribution >= 4 is 27.0 Å². The third-order valence-electron chi connectivity index (χ3n) is 6.01.